The van der Waals surface area contributed by atoms with Crippen LogP contribution in [0.3, 0.4) is 0 Å². The second kappa shape index (κ2) is 8.22. The largest absolute Gasteiger partial charge is 0.405 e. The summed E-state index contributed by atoms with van der Waals surface area (Å²) in [5.74, 6) is -1.02. The molecule has 0 unspecified atom stereocenters. The molecule has 1 N–H and O–H groups in total. The maximum atomic E-state index is 12.6. The zero-order valence-corrected chi connectivity index (χ0v) is 15.6. The van der Waals surface area contributed by atoms with E-state index in [1.807, 2.05) is 6.92 Å². The van der Waals surface area contributed by atoms with Crippen molar-refractivity contribution >= 4 is 44.5 Å². The van der Waals surface area contributed by atoms with Gasteiger partial charge in [-0.25, -0.2) is 4.98 Å². The van der Waals surface area contributed by atoms with Crippen LogP contribution in [0.1, 0.15) is 13.3 Å². The summed E-state index contributed by atoms with van der Waals surface area (Å²) in [5.41, 5.74) is 0.227. The van der Waals surface area contributed by atoms with Gasteiger partial charge in [-0.2, -0.15) is 13.2 Å². The number of fused-ring (bicyclic) bond motifs is 1. The number of benzene rings is 1. The second-order valence-corrected chi connectivity index (χ2v) is 7.05. The van der Waals surface area contributed by atoms with Crippen molar-refractivity contribution in [2.24, 2.45) is 0 Å². The summed E-state index contributed by atoms with van der Waals surface area (Å²) < 4.78 is 38.5. The molecule has 0 saturated carbocycles. The molecule has 1 aromatic carbocycles. The third kappa shape index (κ3) is 5.46. The van der Waals surface area contributed by atoms with Gasteiger partial charge in [-0.3, -0.25) is 14.2 Å². The van der Waals surface area contributed by atoms with E-state index in [1.165, 1.54) is 4.57 Å². The molecule has 2 aromatic rings. The first kappa shape index (κ1) is 19.8. The molecule has 136 valence electrons. The highest BCUT2D eigenvalue weighted by Crippen LogP contribution is 2.21. The van der Waals surface area contributed by atoms with E-state index < -0.39 is 18.6 Å². The number of carbonyl (C=O) groups excluding carboxylic acids is 1. The van der Waals surface area contributed by atoms with Gasteiger partial charge in [0, 0.05) is 11.0 Å². The molecular formula is C15H15BrF3N3O2S. The fourth-order valence-electron chi connectivity index (χ4n) is 2.08. The normalized spacial score (nSPS) is 11.7. The number of nitrogens with one attached hydrogen (secondary N) is 1. The van der Waals surface area contributed by atoms with Crippen LogP contribution in [0.15, 0.2) is 32.6 Å². The van der Waals surface area contributed by atoms with Crippen LogP contribution in [0.5, 0.6) is 0 Å². The van der Waals surface area contributed by atoms with E-state index >= 15 is 0 Å². The average Bonchev–Trinajstić information content (AvgIpc) is 2.54. The third-order valence-corrected chi connectivity index (χ3v) is 4.62. The van der Waals surface area contributed by atoms with Gasteiger partial charge in [0.1, 0.15) is 6.54 Å². The highest BCUT2D eigenvalue weighted by atomic mass is 79.9. The topological polar surface area (TPSA) is 64.0 Å². The Morgan fingerprint density at radius 3 is 2.76 bits per heavy atom. The van der Waals surface area contributed by atoms with E-state index in [4.69, 9.17) is 0 Å². The molecule has 1 heterocycles. The van der Waals surface area contributed by atoms with Crippen molar-refractivity contribution < 1.29 is 18.0 Å². The molecule has 0 radical (unpaired) electrons. The molecule has 1 amide bonds. The Kier molecular flexibility index (Phi) is 6.50. The Hall–Kier alpha value is -1.55. The Morgan fingerprint density at radius 2 is 2.12 bits per heavy atom. The highest BCUT2D eigenvalue weighted by Gasteiger charge is 2.27. The Labute approximate surface area is 154 Å². The molecule has 0 atom stereocenters. The van der Waals surface area contributed by atoms with Crippen molar-refractivity contribution in [3.8, 4) is 0 Å². The van der Waals surface area contributed by atoms with Gasteiger partial charge in [0.15, 0.2) is 5.16 Å². The number of amides is 1. The van der Waals surface area contributed by atoms with Crippen molar-refractivity contribution in [3.63, 3.8) is 0 Å². The lowest BCUT2D eigenvalue weighted by Crippen LogP contribution is -2.35. The molecule has 0 bridgehead atoms. The van der Waals surface area contributed by atoms with Crippen LogP contribution in [-0.4, -0.2) is 33.9 Å². The van der Waals surface area contributed by atoms with Crippen LogP contribution in [0.2, 0.25) is 0 Å². The lowest BCUT2D eigenvalue weighted by molar-refractivity contribution is -0.136. The summed E-state index contributed by atoms with van der Waals surface area (Å²) >= 11 is 4.25. The van der Waals surface area contributed by atoms with Crippen molar-refractivity contribution in [1.29, 1.82) is 0 Å². The number of rotatable bonds is 6. The van der Waals surface area contributed by atoms with Crippen molar-refractivity contribution in [1.82, 2.24) is 14.9 Å². The first-order valence-electron chi connectivity index (χ1n) is 7.37. The van der Waals surface area contributed by atoms with Crippen molar-refractivity contribution in [2.45, 2.75) is 31.2 Å². The number of alkyl halides is 3. The number of carbonyl (C=O) groups is 1. The maximum Gasteiger partial charge on any atom is 0.405 e. The fourth-order valence-corrected chi connectivity index (χ4v) is 3.30. The van der Waals surface area contributed by atoms with E-state index in [0.717, 1.165) is 16.2 Å². The molecule has 1 aromatic heterocycles. The van der Waals surface area contributed by atoms with E-state index in [0.29, 0.717) is 29.0 Å². The van der Waals surface area contributed by atoms with Gasteiger partial charge in [-0.05, 0) is 24.6 Å². The molecular weight excluding hydrogens is 423 g/mol. The molecule has 0 aliphatic carbocycles. The molecule has 0 spiro atoms. The summed E-state index contributed by atoms with van der Waals surface area (Å²) in [5, 5.41) is 2.55. The van der Waals surface area contributed by atoms with E-state index in [9.17, 15) is 22.8 Å². The van der Waals surface area contributed by atoms with Crippen LogP contribution in [-0.2, 0) is 11.3 Å². The quantitative estimate of drug-likeness (QED) is 0.555. The van der Waals surface area contributed by atoms with Crippen LogP contribution >= 0.6 is 27.7 Å². The SMILES string of the molecule is CCCn1c(SCC(=O)NCC(F)(F)F)nc2ccc(Br)cc2c1=O. The predicted molar refractivity (Wildman–Crippen MR) is 93.8 cm³/mol. The molecule has 25 heavy (non-hydrogen) atoms. The minimum Gasteiger partial charge on any atom is -0.346 e. The van der Waals surface area contributed by atoms with Crippen molar-refractivity contribution in [3.05, 3.63) is 33.0 Å². The van der Waals surface area contributed by atoms with Crippen LogP contribution in [0.25, 0.3) is 10.9 Å². The van der Waals surface area contributed by atoms with Gasteiger partial charge in [0.05, 0.1) is 16.7 Å². The lowest BCUT2D eigenvalue weighted by atomic mass is 10.2. The Morgan fingerprint density at radius 1 is 1.40 bits per heavy atom. The first-order chi connectivity index (χ1) is 11.7. The summed E-state index contributed by atoms with van der Waals surface area (Å²) in [6, 6.07) is 5.08. The smallest absolute Gasteiger partial charge is 0.346 e. The summed E-state index contributed by atoms with van der Waals surface area (Å²) in [6.07, 6.45) is -3.78. The number of hydrogen-bond acceptors (Lipinski definition) is 4. The summed E-state index contributed by atoms with van der Waals surface area (Å²) in [4.78, 5) is 28.6. The number of thioether (sulfide) groups is 1. The lowest BCUT2D eigenvalue weighted by Gasteiger charge is -2.13. The van der Waals surface area contributed by atoms with Gasteiger partial charge in [0.25, 0.3) is 5.56 Å². The van der Waals surface area contributed by atoms with Gasteiger partial charge in [-0.1, -0.05) is 34.6 Å². The van der Waals surface area contributed by atoms with E-state index in [2.05, 4.69) is 20.9 Å². The van der Waals surface area contributed by atoms with E-state index in [-0.39, 0.29) is 11.3 Å². The highest BCUT2D eigenvalue weighted by molar-refractivity contribution is 9.10. The predicted octanol–water partition coefficient (Wildman–Crippen LogP) is 3.34. The van der Waals surface area contributed by atoms with Gasteiger partial charge >= 0.3 is 6.18 Å². The zero-order valence-electron chi connectivity index (χ0n) is 13.2. The second-order valence-electron chi connectivity index (χ2n) is 5.19. The van der Waals surface area contributed by atoms with Crippen LogP contribution < -0.4 is 10.9 Å². The Bertz CT molecular complexity index is 839. The minimum atomic E-state index is -4.46. The van der Waals surface area contributed by atoms with Crippen molar-refractivity contribution in [2.75, 3.05) is 12.3 Å². The van der Waals surface area contributed by atoms with Crippen LogP contribution in [0.4, 0.5) is 13.2 Å². The monoisotopic (exact) mass is 437 g/mol. The van der Waals surface area contributed by atoms with Gasteiger partial charge in [0.2, 0.25) is 5.91 Å². The Balaban J connectivity index is 2.24. The standard InChI is InChI=1S/C15H15BrF3N3O2S/c1-2-5-22-13(24)10-6-9(16)3-4-11(10)21-14(22)25-7-12(23)20-8-15(17,18)19/h3-4,6H,2,5,7-8H2,1H3,(H,20,23). The number of aromatic nitrogens is 2. The molecule has 0 aliphatic heterocycles. The molecule has 0 fully saturated rings. The summed E-state index contributed by atoms with van der Waals surface area (Å²) in [6.45, 7) is 0.913. The average molecular weight is 438 g/mol. The fraction of sp³-hybridized carbons (Fsp3) is 0.400. The molecule has 2 rings (SSSR count). The number of nitrogens with zero attached hydrogens (tertiary/aromatic N) is 2. The number of hydrogen-bond donors (Lipinski definition) is 1. The van der Waals surface area contributed by atoms with E-state index in [1.54, 1.807) is 23.5 Å². The maximum absolute atomic E-state index is 12.6. The van der Waals surface area contributed by atoms with Gasteiger partial charge in [-0.15, -0.1) is 0 Å². The molecule has 0 saturated heterocycles. The molecule has 5 nitrogen and oxygen atoms in total. The third-order valence-electron chi connectivity index (χ3n) is 3.15. The molecule has 10 heteroatoms. The number of halogens is 4. The minimum absolute atomic E-state index is 0.244. The summed E-state index contributed by atoms with van der Waals surface area (Å²) in [7, 11) is 0. The first-order valence-corrected chi connectivity index (χ1v) is 9.15. The zero-order chi connectivity index (χ0) is 18.6. The van der Waals surface area contributed by atoms with Gasteiger partial charge < -0.3 is 5.32 Å². The van der Waals surface area contributed by atoms with Crippen LogP contribution in [0, 0.1) is 0 Å². The molecule has 0 aliphatic rings.